The van der Waals surface area contributed by atoms with E-state index in [0.717, 1.165) is 0 Å². The third kappa shape index (κ3) is 4.85. The largest absolute Gasteiger partial charge is 0.339 e. The Hall–Kier alpha value is -2.42. The Balaban J connectivity index is 1.84. The van der Waals surface area contributed by atoms with E-state index in [2.05, 4.69) is 25.6 Å². The molecule has 0 aliphatic carbocycles. The molecule has 0 atom stereocenters. The second-order valence-corrected chi connectivity index (χ2v) is 8.57. The molecule has 0 amide bonds. The fraction of sp³-hybridized carbons (Fsp3) is 0.118. The average molecular weight is 424 g/mol. The third-order valence-corrected chi connectivity index (χ3v) is 5.88. The lowest BCUT2D eigenvalue weighted by Gasteiger charge is -2.11. The van der Waals surface area contributed by atoms with Gasteiger partial charge in [0.05, 0.1) is 26.4 Å². The van der Waals surface area contributed by atoms with Crippen LogP contribution in [0, 0.1) is 0 Å². The van der Waals surface area contributed by atoms with Crippen molar-refractivity contribution in [3.63, 3.8) is 0 Å². The molecule has 10 heteroatoms. The minimum absolute atomic E-state index is 0.00371. The first kappa shape index (κ1) is 19.3. The number of aromatic nitrogens is 3. The molecule has 0 fully saturated rings. The first-order chi connectivity index (χ1) is 12.9. The number of anilines is 4. The van der Waals surface area contributed by atoms with E-state index in [0.29, 0.717) is 33.2 Å². The van der Waals surface area contributed by atoms with Crippen molar-refractivity contribution < 1.29 is 8.42 Å². The van der Waals surface area contributed by atoms with Crippen LogP contribution in [0.25, 0.3) is 0 Å². The number of pyridine rings is 1. The van der Waals surface area contributed by atoms with Crippen LogP contribution in [0.1, 0.15) is 6.92 Å². The molecule has 0 aliphatic rings. The van der Waals surface area contributed by atoms with Crippen molar-refractivity contribution in [1.82, 2.24) is 15.0 Å². The van der Waals surface area contributed by atoms with Crippen LogP contribution in [0.2, 0.25) is 10.0 Å². The maximum Gasteiger partial charge on any atom is 0.178 e. The Morgan fingerprint density at radius 2 is 1.67 bits per heavy atom. The minimum Gasteiger partial charge on any atom is -0.339 e. The number of benzene rings is 1. The maximum absolute atomic E-state index is 12.1. The molecule has 3 aromatic rings. The number of halogens is 2. The average Bonchev–Trinajstić information content (AvgIpc) is 2.65. The highest BCUT2D eigenvalue weighted by Crippen LogP contribution is 2.28. The quantitative estimate of drug-likeness (QED) is 0.603. The summed E-state index contributed by atoms with van der Waals surface area (Å²) >= 11 is 12.0. The van der Waals surface area contributed by atoms with Gasteiger partial charge in [0.25, 0.3) is 0 Å². The van der Waals surface area contributed by atoms with Crippen molar-refractivity contribution >= 4 is 56.2 Å². The summed E-state index contributed by atoms with van der Waals surface area (Å²) < 4.78 is 24.2. The minimum atomic E-state index is -3.34. The van der Waals surface area contributed by atoms with E-state index >= 15 is 0 Å². The molecule has 0 saturated carbocycles. The van der Waals surface area contributed by atoms with Gasteiger partial charge in [0.1, 0.15) is 23.8 Å². The Kier molecular flexibility index (Phi) is 5.79. The zero-order chi connectivity index (χ0) is 19.4. The molecule has 1 aromatic carbocycles. The highest BCUT2D eigenvalue weighted by Gasteiger charge is 2.14. The summed E-state index contributed by atoms with van der Waals surface area (Å²) in [5.74, 6) is 1.51. The molecule has 0 radical (unpaired) electrons. The Labute approximate surface area is 166 Å². The summed E-state index contributed by atoms with van der Waals surface area (Å²) in [5.41, 5.74) is 0.431. The van der Waals surface area contributed by atoms with E-state index < -0.39 is 9.84 Å². The van der Waals surface area contributed by atoms with Crippen molar-refractivity contribution in [1.29, 1.82) is 0 Å². The SMILES string of the molecule is CCS(=O)(=O)c1ccc(Cl)c(Nc2cc(Nc3ccc(Cl)cn3)ncn2)c1. The van der Waals surface area contributed by atoms with Crippen LogP contribution in [0.5, 0.6) is 0 Å². The van der Waals surface area contributed by atoms with Crippen LogP contribution in [0.3, 0.4) is 0 Å². The van der Waals surface area contributed by atoms with Crippen molar-refractivity contribution in [2.24, 2.45) is 0 Å². The van der Waals surface area contributed by atoms with Crippen LogP contribution < -0.4 is 10.6 Å². The summed E-state index contributed by atoms with van der Waals surface area (Å²) in [6.45, 7) is 1.59. The van der Waals surface area contributed by atoms with E-state index in [9.17, 15) is 8.42 Å². The summed E-state index contributed by atoms with van der Waals surface area (Å²) in [5, 5.41) is 6.94. The topological polar surface area (TPSA) is 96.9 Å². The van der Waals surface area contributed by atoms with Crippen LogP contribution >= 0.6 is 23.2 Å². The van der Waals surface area contributed by atoms with Crippen molar-refractivity contribution in [2.75, 3.05) is 16.4 Å². The standard InChI is InChI=1S/C17H15Cl2N5O2S/c1-2-27(25,26)12-4-5-13(19)14(7-12)23-16-8-17(22-10-21-16)24-15-6-3-11(18)9-20-15/h3-10H,2H2,1H3,(H2,20,21,22,23,24). The van der Waals surface area contributed by atoms with E-state index in [1.807, 2.05) is 0 Å². The lowest BCUT2D eigenvalue weighted by molar-refractivity contribution is 0.597. The normalized spacial score (nSPS) is 11.2. The number of hydrogen-bond acceptors (Lipinski definition) is 7. The molecule has 0 spiro atoms. The van der Waals surface area contributed by atoms with Gasteiger partial charge in [-0.15, -0.1) is 0 Å². The van der Waals surface area contributed by atoms with Crippen molar-refractivity contribution in [2.45, 2.75) is 11.8 Å². The predicted octanol–water partition coefficient (Wildman–Crippen LogP) is 4.46. The molecule has 2 heterocycles. The van der Waals surface area contributed by atoms with Gasteiger partial charge in [-0.3, -0.25) is 0 Å². The fourth-order valence-electron chi connectivity index (χ4n) is 2.17. The number of hydrogen-bond donors (Lipinski definition) is 2. The lowest BCUT2D eigenvalue weighted by Crippen LogP contribution is -2.05. The zero-order valence-corrected chi connectivity index (χ0v) is 16.5. The van der Waals surface area contributed by atoms with Gasteiger partial charge in [0, 0.05) is 12.3 Å². The lowest BCUT2D eigenvalue weighted by atomic mass is 10.3. The number of nitrogens with one attached hydrogen (secondary N) is 2. The molecule has 3 rings (SSSR count). The highest BCUT2D eigenvalue weighted by atomic mass is 35.5. The summed E-state index contributed by atoms with van der Waals surface area (Å²) in [7, 11) is -3.34. The van der Waals surface area contributed by atoms with Gasteiger partial charge in [-0.1, -0.05) is 30.1 Å². The van der Waals surface area contributed by atoms with Gasteiger partial charge >= 0.3 is 0 Å². The Bertz CT molecular complexity index is 1060. The molecule has 7 nitrogen and oxygen atoms in total. The molecule has 27 heavy (non-hydrogen) atoms. The van der Waals surface area contributed by atoms with E-state index in [1.54, 1.807) is 25.1 Å². The van der Waals surface area contributed by atoms with E-state index in [1.165, 1.54) is 30.7 Å². The van der Waals surface area contributed by atoms with Crippen molar-refractivity contribution in [3.8, 4) is 0 Å². The zero-order valence-electron chi connectivity index (χ0n) is 14.1. The van der Waals surface area contributed by atoms with Crippen LogP contribution in [-0.4, -0.2) is 29.1 Å². The van der Waals surface area contributed by atoms with Gasteiger partial charge in [0.2, 0.25) is 0 Å². The molecule has 0 saturated heterocycles. The summed E-state index contributed by atoms with van der Waals surface area (Å²) in [6, 6.07) is 9.56. The number of rotatable bonds is 6. The molecule has 2 aromatic heterocycles. The van der Waals surface area contributed by atoms with Crippen LogP contribution in [0.4, 0.5) is 23.1 Å². The first-order valence-electron chi connectivity index (χ1n) is 7.87. The second kappa shape index (κ2) is 8.08. The number of sulfone groups is 1. The molecule has 140 valence electrons. The van der Waals surface area contributed by atoms with Gasteiger partial charge < -0.3 is 10.6 Å². The third-order valence-electron chi connectivity index (χ3n) is 3.59. The summed E-state index contributed by atoms with van der Waals surface area (Å²) in [6.07, 6.45) is 2.88. The Morgan fingerprint density at radius 3 is 2.33 bits per heavy atom. The number of nitrogens with zero attached hydrogens (tertiary/aromatic N) is 3. The van der Waals surface area contributed by atoms with Gasteiger partial charge in [-0.2, -0.15) is 0 Å². The smallest absolute Gasteiger partial charge is 0.178 e. The molecule has 2 N–H and O–H groups in total. The predicted molar refractivity (Wildman–Crippen MR) is 107 cm³/mol. The van der Waals surface area contributed by atoms with Gasteiger partial charge in [-0.05, 0) is 30.3 Å². The molecule has 0 aliphatic heterocycles. The van der Waals surface area contributed by atoms with E-state index in [-0.39, 0.29) is 10.6 Å². The van der Waals surface area contributed by atoms with Gasteiger partial charge in [0.15, 0.2) is 9.84 Å². The first-order valence-corrected chi connectivity index (χ1v) is 10.3. The fourth-order valence-corrected chi connectivity index (χ4v) is 3.36. The van der Waals surface area contributed by atoms with E-state index in [4.69, 9.17) is 23.2 Å². The molecular formula is C17H15Cl2N5O2S. The molecule has 0 bridgehead atoms. The summed E-state index contributed by atoms with van der Waals surface area (Å²) in [4.78, 5) is 12.6. The Morgan fingerprint density at radius 1 is 0.926 bits per heavy atom. The second-order valence-electron chi connectivity index (χ2n) is 5.45. The molecule has 0 unspecified atom stereocenters. The van der Waals surface area contributed by atoms with Crippen molar-refractivity contribution in [3.05, 3.63) is 59.0 Å². The van der Waals surface area contributed by atoms with Gasteiger partial charge in [-0.25, -0.2) is 23.4 Å². The highest BCUT2D eigenvalue weighted by molar-refractivity contribution is 7.91. The molecular weight excluding hydrogens is 409 g/mol. The van der Waals surface area contributed by atoms with Crippen LogP contribution in [-0.2, 0) is 9.84 Å². The monoisotopic (exact) mass is 423 g/mol. The maximum atomic E-state index is 12.1. The van der Waals surface area contributed by atoms with Crippen LogP contribution in [0.15, 0.2) is 53.8 Å².